The second kappa shape index (κ2) is 34.9. The number of carbonyl (C=O) groups is 3. The van der Waals surface area contributed by atoms with Gasteiger partial charge in [0.05, 0.1) is 0 Å². The van der Waals surface area contributed by atoms with Crippen LogP contribution < -0.4 is 0 Å². The molecule has 0 saturated heterocycles. The number of nitrogens with zero attached hydrogens (tertiary/aromatic N) is 2. The van der Waals surface area contributed by atoms with Gasteiger partial charge in [0.2, 0.25) is 11.8 Å². The summed E-state index contributed by atoms with van der Waals surface area (Å²) >= 11 is 0. The molecule has 0 fully saturated rings. The topological polar surface area (TPSA) is 66.9 Å². The number of amides is 3. The molecule has 3 amide bonds. The van der Waals surface area contributed by atoms with Crippen molar-refractivity contribution in [2.75, 3.05) is 20.6 Å². The SMILES string of the molecule is CCCCCCCC/C=C\CCCCCCCC(=O)N(C(=O)CCCCCCC/C=C\CCCCCCCC)C(=O)OC(C)CN(C)C. The van der Waals surface area contributed by atoms with Gasteiger partial charge in [0.15, 0.2) is 0 Å². The Morgan fingerprint density at radius 2 is 0.812 bits per heavy atom. The van der Waals surface area contributed by atoms with Crippen LogP contribution >= 0.6 is 0 Å². The van der Waals surface area contributed by atoms with E-state index in [4.69, 9.17) is 4.74 Å². The second-order valence-electron chi connectivity index (χ2n) is 14.2. The summed E-state index contributed by atoms with van der Waals surface area (Å²) in [5.74, 6) is -0.847. The summed E-state index contributed by atoms with van der Waals surface area (Å²) in [6.45, 7) is 6.84. The van der Waals surface area contributed by atoms with Gasteiger partial charge < -0.3 is 9.64 Å². The van der Waals surface area contributed by atoms with Gasteiger partial charge in [0.25, 0.3) is 0 Å². The lowest BCUT2D eigenvalue weighted by molar-refractivity contribution is -0.143. The first kappa shape index (κ1) is 46.0. The van der Waals surface area contributed by atoms with E-state index in [9.17, 15) is 14.4 Å². The molecule has 0 N–H and O–H groups in total. The summed E-state index contributed by atoms with van der Waals surface area (Å²) in [5, 5.41) is 0. The van der Waals surface area contributed by atoms with Crippen LogP contribution in [0.15, 0.2) is 24.3 Å². The minimum absolute atomic E-state index is 0.202. The van der Waals surface area contributed by atoms with Crippen molar-refractivity contribution in [3.8, 4) is 0 Å². The van der Waals surface area contributed by atoms with Gasteiger partial charge in [-0.1, -0.05) is 141 Å². The summed E-state index contributed by atoms with van der Waals surface area (Å²) in [5.41, 5.74) is 0. The Hall–Kier alpha value is -1.95. The first-order valence-corrected chi connectivity index (χ1v) is 20.3. The molecule has 0 aromatic heterocycles. The maximum Gasteiger partial charge on any atom is 0.423 e. The summed E-state index contributed by atoms with van der Waals surface area (Å²) in [7, 11) is 3.80. The molecule has 6 nitrogen and oxygen atoms in total. The number of likely N-dealkylation sites (N-methyl/N-ethyl adjacent to an activating group) is 1. The molecule has 48 heavy (non-hydrogen) atoms. The average Bonchev–Trinajstić information content (AvgIpc) is 3.04. The van der Waals surface area contributed by atoms with Crippen LogP contribution in [0, 0.1) is 0 Å². The van der Waals surface area contributed by atoms with E-state index in [0.717, 1.165) is 69.1 Å². The minimum atomic E-state index is -0.820. The smallest absolute Gasteiger partial charge is 0.423 e. The molecule has 0 aliphatic heterocycles. The Kier molecular flexibility index (Phi) is 33.5. The van der Waals surface area contributed by atoms with Crippen molar-refractivity contribution < 1.29 is 19.1 Å². The van der Waals surface area contributed by atoms with Crippen LogP contribution in [-0.2, 0) is 14.3 Å². The number of allylic oxidation sites excluding steroid dienone is 4. The molecule has 0 saturated carbocycles. The van der Waals surface area contributed by atoms with Gasteiger partial charge in [-0.25, -0.2) is 4.79 Å². The molecule has 6 heteroatoms. The molecule has 0 rings (SSSR count). The fourth-order valence-electron chi connectivity index (χ4n) is 6.04. The van der Waals surface area contributed by atoms with Crippen LogP contribution in [0.25, 0.3) is 0 Å². The van der Waals surface area contributed by atoms with Crippen molar-refractivity contribution in [1.82, 2.24) is 9.80 Å². The normalized spacial score (nSPS) is 12.4. The fraction of sp³-hybridized carbons (Fsp3) is 0.833. The van der Waals surface area contributed by atoms with Crippen molar-refractivity contribution in [2.45, 2.75) is 207 Å². The Bertz CT molecular complexity index is 770. The lowest BCUT2D eigenvalue weighted by Crippen LogP contribution is -2.44. The number of hydrogen-bond donors (Lipinski definition) is 0. The molecule has 0 spiro atoms. The van der Waals surface area contributed by atoms with E-state index >= 15 is 0 Å². The predicted molar refractivity (Wildman–Crippen MR) is 205 cm³/mol. The third-order valence-corrected chi connectivity index (χ3v) is 8.91. The highest BCUT2D eigenvalue weighted by molar-refractivity contribution is 6.08. The van der Waals surface area contributed by atoms with Gasteiger partial charge in [-0.2, -0.15) is 4.90 Å². The van der Waals surface area contributed by atoms with Gasteiger partial charge >= 0.3 is 6.09 Å². The van der Waals surface area contributed by atoms with Crippen LogP contribution in [0.1, 0.15) is 201 Å². The Morgan fingerprint density at radius 3 is 1.15 bits per heavy atom. The molecule has 0 aromatic rings. The number of carbonyl (C=O) groups excluding carboxylic acids is 3. The molecule has 0 heterocycles. The van der Waals surface area contributed by atoms with Crippen LogP contribution in [0.4, 0.5) is 4.79 Å². The van der Waals surface area contributed by atoms with E-state index in [2.05, 4.69) is 38.2 Å². The third-order valence-electron chi connectivity index (χ3n) is 8.91. The van der Waals surface area contributed by atoms with Gasteiger partial charge in [0, 0.05) is 19.4 Å². The first-order chi connectivity index (χ1) is 23.3. The number of hydrogen-bond acceptors (Lipinski definition) is 5. The monoisotopic (exact) mass is 675 g/mol. The number of imide groups is 3. The van der Waals surface area contributed by atoms with Crippen molar-refractivity contribution in [2.24, 2.45) is 0 Å². The van der Waals surface area contributed by atoms with Crippen molar-refractivity contribution in [3.05, 3.63) is 24.3 Å². The second-order valence-corrected chi connectivity index (χ2v) is 14.2. The van der Waals surface area contributed by atoms with E-state index < -0.39 is 24.0 Å². The quantitative estimate of drug-likeness (QED) is 0.0512. The molecule has 280 valence electrons. The zero-order chi connectivity index (χ0) is 35.5. The Labute approximate surface area is 297 Å². The summed E-state index contributed by atoms with van der Waals surface area (Å²) in [6, 6.07) is 0. The number of ether oxygens (including phenoxy) is 1. The fourth-order valence-corrected chi connectivity index (χ4v) is 6.04. The predicted octanol–water partition coefficient (Wildman–Crippen LogP) is 12.5. The molecule has 0 bridgehead atoms. The van der Waals surface area contributed by atoms with E-state index in [1.165, 1.54) is 89.9 Å². The summed E-state index contributed by atoms with van der Waals surface area (Å²) < 4.78 is 5.51. The van der Waals surface area contributed by atoms with Gasteiger partial charge in [-0.05, 0) is 85.2 Å². The first-order valence-electron chi connectivity index (χ1n) is 20.3. The standard InChI is InChI=1S/C42H78N2O4/c1-6-8-10-12-14-16-18-20-22-24-26-28-30-32-34-36-40(45)44(42(47)48-39(3)38-43(4)5)41(46)37-35-33-31-29-27-25-23-21-19-17-15-13-11-9-7-2/h20-23,39H,6-19,24-38H2,1-5H3/b22-20-,23-21-. The third kappa shape index (κ3) is 30.1. The molecule has 0 radical (unpaired) electrons. The molecule has 1 atom stereocenters. The Balaban J connectivity index is 4.33. The highest BCUT2D eigenvalue weighted by Gasteiger charge is 2.30. The minimum Gasteiger partial charge on any atom is -0.444 e. The van der Waals surface area contributed by atoms with E-state index in [0.29, 0.717) is 19.4 Å². The van der Waals surface area contributed by atoms with Gasteiger partial charge in [-0.15, -0.1) is 0 Å². The van der Waals surface area contributed by atoms with E-state index in [1.54, 1.807) is 6.92 Å². The van der Waals surface area contributed by atoms with E-state index in [1.807, 2.05) is 19.0 Å². The van der Waals surface area contributed by atoms with Crippen molar-refractivity contribution in [3.63, 3.8) is 0 Å². The number of rotatable bonds is 33. The lowest BCUT2D eigenvalue weighted by atomic mass is 10.1. The highest BCUT2D eigenvalue weighted by Crippen LogP contribution is 2.15. The average molecular weight is 675 g/mol. The van der Waals surface area contributed by atoms with Crippen LogP contribution in [0.2, 0.25) is 0 Å². The molecule has 0 aliphatic carbocycles. The zero-order valence-electron chi connectivity index (χ0n) is 32.4. The van der Waals surface area contributed by atoms with Gasteiger partial charge in [-0.3, -0.25) is 9.59 Å². The van der Waals surface area contributed by atoms with Crippen LogP contribution in [0.5, 0.6) is 0 Å². The molecular formula is C42H78N2O4. The molecular weight excluding hydrogens is 596 g/mol. The summed E-state index contributed by atoms with van der Waals surface area (Å²) in [6.07, 6.45) is 39.1. The maximum atomic E-state index is 13.1. The van der Waals surface area contributed by atoms with E-state index in [-0.39, 0.29) is 12.8 Å². The van der Waals surface area contributed by atoms with Gasteiger partial charge in [0.1, 0.15) is 6.10 Å². The lowest BCUT2D eigenvalue weighted by Gasteiger charge is -2.23. The van der Waals surface area contributed by atoms with Crippen LogP contribution in [-0.4, -0.2) is 54.5 Å². The van der Waals surface area contributed by atoms with Crippen molar-refractivity contribution >= 4 is 17.9 Å². The molecule has 1 unspecified atom stereocenters. The largest absolute Gasteiger partial charge is 0.444 e. The zero-order valence-corrected chi connectivity index (χ0v) is 32.4. The summed E-state index contributed by atoms with van der Waals surface area (Å²) in [4.78, 5) is 41.9. The highest BCUT2D eigenvalue weighted by atomic mass is 16.6. The van der Waals surface area contributed by atoms with Crippen LogP contribution in [0.3, 0.4) is 0 Å². The molecule has 0 aliphatic rings. The van der Waals surface area contributed by atoms with Crippen molar-refractivity contribution in [1.29, 1.82) is 0 Å². The Morgan fingerprint density at radius 1 is 0.500 bits per heavy atom. The number of unbranched alkanes of at least 4 members (excludes halogenated alkanes) is 22. The maximum absolute atomic E-state index is 13.1. The molecule has 0 aromatic carbocycles.